The average Bonchev–Trinajstić information content (AvgIpc) is 2.22. The van der Waals surface area contributed by atoms with Crippen molar-refractivity contribution in [2.75, 3.05) is 0 Å². The first-order valence-corrected chi connectivity index (χ1v) is 5.10. The summed E-state index contributed by atoms with van der Waals surface area (Å²) in [5, 5.41) is 0.0889. The van der Waals surface area contributed by atoms with E-state index < -0.39 is 15.9 Å². The van der Waals surface area contributed by atoms with Crippen LogP contribution in [-0.4, -0.2) is 19.3 Å². The predicted molar refractivity (Wildman–Crippen MR) is 43.9 cm³/mol. The van der Waals surface area contributed by atoms with E-state index >= 15 is 0 Å². The second kappa shape index (κ2) is 2.43. The molecule has 0 spiro atoms. The molecule has 1 aromatic heterocycles. The van der Waals surface area contributed by atoms with E-state index in [0.717, 1.165) is 0 Å². The molecule has 1 aliphatic heterocycles. The molecule has 0 radical (unpaired) electrons. The molecule has 13 heavy (non-hydrogen) atoms. The van der Waals surface area contributed by atoms with Crippen LogP contribution in [0.25, 0.3) is 0 Å². The van der Waals surface area contributed by atoms with Crippen molar-refractivity contribution in [3.05, 3.63) is 23.0 Å². The third-order valence-corrected chi connectivity index (χ3v) is 3.13. The van der Waals surface area contributed by atoms with E-state index in [4.69, 9.17) is 11.6 Å². The number of sulfonamides is 1. The number of amides is 1. The van der Waals surface area contributed by atoms with Crippen molar-refractivity contribution in [1.29, 1.82) is 0 Å². The van der Waals surface area contributed by atoms with Gasteiger partial charge in [0.15, 0.2) is 5.69 Å². The first-order chi connectivity index (χ1) is 6.00. The Hall–Kier alpha value is -1.14. The van der Waals surface area contributed by atoms with Gasteiger partial charge in [-0.2, -0.15) is 0 Å². The lowest BCUT2D eigenvalue weighted by Crippen LogP contribution is -2.20. The fourth-order valence-corrected chi connectivity index (χ4v) is 2.27. The number of hydrogen-bond acceptors (Lipinski definition) is 4. The molecule has 2 heterocycles. The van der Waals surface area contributed by atoms with Crippen LogP contribution in [0.15, 0.2) is 17.0 Å². The lowest BCUT2D eigenvalue weighted by molar-refractivity contribution is 0.0980. The number of pyridine rings is 1. The van der Waals surface area contributed by atoms with E-state index in [2.05, 4.69) is 4.98 Å². The number of carbonyl (C=O) groups is 1. The summed E-state index contributed by atoms with van der Waals surface area (Å²) in [7, 11) is -3.69. The number of halogens is 1. The van der Waals surface area contributed by atoms with Gasteiger partial charge in [-0.3, -0.25) is 4.79 Å². The van der Waals surface area contributed by atoms with E-state index in [9.17, 15) is 13.2 Å². The maximum Gasteiger partial charge on any atom is 0.285 e. The summed E-state index contributed by atoms with van der Waals surface area (Å²) in [6, 6.07) is 2.57. The van der Waals surface area contributed by atoms with Crippen molar-refractivity contribution >= 4 is 27.5 Å². The van der Waals surface area contributed by atoms with Crippen LogP contribution in [0.3, 0.4) is 0 Å². The van der Waals surface area contributed by atoms with Gasteiger partial charge in [-0.25, -0.2) is 18.1 Å². The zero-order chi connectivity index (χ0) is 9.64. The van der Waals surface area contributed by atoms with Gasteiger partial charge in [0.25, 0.3) is 15.9 Å². The first-order valence-electron chi connectivity index (χ1n) is 3.24. The summed E-state index contributed by atoms with van der Waals surface area (Å²) < 4.78 is 24.1. The Morgan fingerprint density at radius 1 is 1.38 bits per heavy atom. The van der Waals surface area contributed by atoms with E-state index in [-0.39, 0.29) is 15.7 Å². The van der Waals surface area contributed by atoms with Crippen molar-refractivity contribution in [1.82, 2.24) is 9.71 Å². The average molecular weight is 219 g/mol. The Labute approximate surface area is 78.8 Å². The molecule has 1 aliphatic rings. The number of fused-ring (bicyclic) bond motifs is 1. The van der Waals surface area contributed by atoms with Crippen molar-refractivity contribution in [2.45, 2.75) is 4.90 Å². The Morgan fingerprint density at radius 2 is 2.08 bits per heavy atom. The van der Waals surface area contributed by atoms with Gasteiger partial charge in [0.2, 0.25) is 0 Å². The van der Waals surface area contributed by atoms with Gasteiger partial charge >= 0.3 is 0 Å². The standard InChI is InChI=1S/C6H3ClN2O3S/c7-4-2-1-3-5(8-4)6(10)9-13(3,11)12/h1-2H,(H,9,10). The lowest BCUT2D eigenvalue weighted by atomic mass is 10.3. The van der Waals surface area contributed by atoms with Crippen LogP contribution in [0.2, 0.25) is 5.15 Å². The van der Waals surface area contributed by atoms with Crippen LogP contribution in [0.4, 0.5) is 0 Å². The molecule has 0 saturated heterocycles. The summed E-state index contributed by atoms with van der Waals surface area (Å²) in [4.78, 5) is 14.5. The highest BCUT2D eigenvalue weighted by molar-refractivity contribution is 7.90. The van der Waals surface area contributed by atoms with Gasteiger partial charge in [0.1, 0.15) is 10.0 Å². The number of nitrogens with one attached hydrogen (secondary N) is 1. The van der Waals surface area contributed by atoms with Gasteiger partial charge in [0.05, 0.1) is 0 Å². The van der Waals surface area contributed by atoms with E-state index in [0.29, 0.717) is 0 Å². The van der Waals surface area contributed by atoms with Gasteiger partial charge in [0, 0.05) is 0 Å². The minimum absolute atomic E-state index is 0.0889. The molecule has 0 saturated carbocycles. The van der Waals surface area contributed by atoms with E-state index in [1.54, 1.807) is 4.72 Å². The molecular formula is C6H3ClN2O3S. The molecule has 0 unspecified atom stereocenters. The Bertz CT molecular complexity index is 497. The van der Waals surface area contributed by atoms with Gasteiger partial charge in [-0.1, -0.05) is 11.6 Å². The molecule has 68 valence electrons. The number of hydrogen-bond donors (Lipinski definition) is 1. The van der Waals surface area contributed by atoms with Crippen molar-refractivity contribution < 1.29 is 13.2 Å². The highest BCUT2D eigenvalue weighted by Crippen LogP contribution is 2.21. The van der Waals surface area contributed by atoms with Crippen LogP contribution < -0.4 is 4.72 Å². The second-order valence-corrected chi connectivity index (χ2v) is 4.45. The monoisotopic (exact) mass is 218 g/mol. The summed E-state index contributed by atoms with van der Waals surface area (Å²) in [5.74, 6) is -0.738. The first kappa shape index (κ1) is 8.46. The highest BCUT2D eigenvalue weighted by Gasteiger charge is 2.33. The van der Waals surface area contributed by atoms with E-state index in [1.165, 1.54) is 12.1 Å². The fraction of sp³-hybridized carbons (Fsp3) is 0. The quantitative estimate of drug-likeness (QED) is 0.630. The lowest BCUT2D eigenvalue weighted by Gasteiger charge is -1.93. The molecule has 1 aromatic rings. The maximum atomic E-state index is 11.2. The third-order valence-electron chi connectivity index (χ3n) is 1.56. The summed E-state index contributed by atoms with van der Waals surface area (Å²) in [6.07, 6.45) is 0. The van der Waals surface area contributed by atoms with Crippen LogP contribution >= 0.6 is 11.6 Å². The number of aromatic nitrogens is 1. The van der Waals surface area contributed by atoms with Crippen LogP contribution in [-0.2, 0) is 10.0 Å². The molecule has 0 atom stereocenters. The van der Waals surface area contributed by atoms with Crippen LogP contribution in [0, 0.1) is 0 Å². The number of carbonyl (C=O) groups excluding carboxylic acids is 1. The number of nitrogens with zero attached hydrogens (tertiary/aromatic N) is 1. The minimum Gasteiger partial charge on any atom is -0.266 e. The summed E-state index contributed by atoms with van der Waals surface area (Å²) >= 11 is 5.50. The molecule has 0 fully saturated rings. The normalized spacial score (nSPS) is 18.1. The van der Waals surface area contributed by atoms with Crippen LogP contribution in [0.1, 0.15) is 10.5 Å². The fourth-order valence-electron chi connectivity index (χ4n) is 1.03. The Kier molecular flexibility index (Phi) is 1.58. The largest absolute Gasteiger partial charge is 0.285 e. The van der Waals surface area contributed by atoms with Crippen molar-refractivity contribution in [3.63, 3.8) is 0 Å². The number of rotatable bonds is 0. The minimum atomic E-state index is -3.69. The molecule has 2 rings (SSSR count). The molecule has 7 heteroatoms. The third kappa shape index (κ3) is 1.18. The highest BCUT2D eigenvalue weighted by atomic mass is 35.5. The van der Waals surface area contributed by atoms with E-state index in [1.807, 2.05) is 0 Å². The van der Waals surface area contributed by atoms with Gasteiger partial charge in [-0.15, -0.1) is 0 Å². The molecule has 0 aliphatic carbocycles. The zero-order valence-corrected chi connectivity index (χ0v) is 7.69. The SMILES string of the molecule is O=C1NS(=O)(=O)c2ccc(Cl)nc21. The topological polar surface area (TPSA) is 76.1 Å². The zero-order valence-electron chi connectivity index (χ0n) is 6.11. The Morgan fingerprint density at radius 3 is 2.77 bits per heavy atom. The predicted octanol–water partition coefficient (Wildman–Crippen LogP) is 0.167. The second-order valence-electron chi connectivity index (χ2n) is 2.42. The van der Waals surface area contributed by atoms with Gasteiger partial charge < -0.3 is 0 Å². The van der Waals surface area contributed by atoms with Crippen molar-refractivity contribution in [3.8, 4) is 0 Å². The molecular weight excluding hydrogens is 216 g/mol. The molecule has 0 aromatic carbocycles. The molecule has 1 N–H and O–H groups in total. The molecule has 1 amide bonds. The van der Waals surface area contributed by atoms with Gasteiger partial charge in [-0.05, 0) is 12.1 Å². The molecule has 0 bridgehead atoms. The van der Waals surface area contributed by atoms with Crippen molar-refractivity contribution in [2.24, 2.45) is 0 Å². The summed E-state index contributed by atoms with van der Waals surface area (Å²) in [5.41, 5.74) is -0.146. The smallest absolute Gasteiger partial charge is 0.266 e. The maximum absolute atomic E-state index is 11.2. The Balaban J connectivity index is 2.80. The summed E-state index contributed by atoms with van der Waals surface area (Å²) in [6.45, 7) is 0. The van der Waals surface area contributed by atoms with Crippen LogP contribution in [0.5, 0.6) is 0 Å². The molecule has 5 nitrogen and oxygen atoms in total.